The maximum Gasteiger partial charge on any atom is 0.342 e. The molecular formula is C18H13ClN2O3. The fourth-order valence-electron chi connectivity index (χ4n) is 2.11. The van der Waals surface area contributed by atoms with E-state index in [0.29, 0.717) is 16.6 Å². The van der Waals surface area contributed by atoms with Crippen LogP contribution in [-0.4, -0.2) is 21.0 Å². The van der Waals surface area contributed by atoms with E-state index in [9.17, 15) is 9.90 Å². The van der Waals surface area contributed by atoms with Crippen molar-refractivity contribution < 1.29 is 14.6 Å². The van der Waals surface area contributed by atoms with E-state index in [-0.39, 0.29) is 11.4 Å². The zero-order valence-corrected chi connectivity index (χ0v) is 13.5. The molecule has 2 aromatic carbocycles. The lowest BCUT2D eigenvalue weighted by atomic mass is 10.2. The molecule has 0 saturated heterocycles. The van der Waals surface area contributed by atoms with E-state index >= 15 is 0 Å². The first-order chi connectivity index (χ1) is 11.5. The van der Waals surface area contributed by atoms with Crippen molar-refractivity contribution >= 4 is 17.6 Å². The number of aromatic carboxylic acids is 1. The van der Waals surface area contributed by atoms with Crippen molar-refractivity contribution in [2.24, 2.45) is 0 Å². The number of carbonyl (C=O) groups is 1. The fourth-order valence-corrected chi connectivity index (χ4v) is 2.38. The quantitative estimate of drug-likeness (QED) is 0.751. The number of aromatic nitrogens is 2. The summed E-state index contributed by atoms with van der Waals surface area (Å²) in [5, 5.41) is 9.71. The van der Waals surface area contributed by atoms with Crippen LogP contribution in [-0.2, 0) is 0 Å². The molecule has 120 valence electrons. The molecule has 0 aliphatic carbocycles. The number of halogens is 1. The molecule has 0 bridgehead atoms. The van der Waals surface area contributed by atoms with Gasteiger partial charge in [0.1, 0.15) is 11.3 Å². The van der Waals surface area contributed by atoms with Crippen LogP contribution in [0.4, 0.5) is 0 Å². The van der Waals surface area contributed by atoms with Crippen molar-refractivity contribution in [3.8, 4) is 23.0 Å². The second-order valence-electron chi connectivity index (χ2n) is 5.12. The van der Waals surface area contributed by atoms with Crippen molar-refractivity contribution in [1.29, 1.82) is 0 Å². The van der Waals surface area contributed by atoms with Crippen LogP contribution in [0.5, 0.6) is 11.6 Å². The van der Waals surface area contributed by atoms with Gasteiger partial charge >= 0.3 is 5.97 Å². The Morgan fingerprint density at radius 1 is 1.17 bits per heavy atom. The zero-order chi connectivity index (χ0) is 17.1. The van der Waals surface area contributed by atoms with Gasteiger partial charge in [-0.15, -0.1) is 0 Å². The van der Waals surface area contributed by atoms with Gasteiger partial charge in [0.25, 0.3) is 0 Å². The van der Waals surface area contributed by atoms with E-state index in [0.717, 1.165) is 11.1 Å². The first kappa shape index (κ1) is 16.0. The highest BCUT2D eigenvalue weighted by Crippen LogP contribution is 2.31. The Kier molecular flexibility index (Phi) is 4.44. The van der Waals surface area contributed by atoms with Crippen molar-refractivity contribution in [3.05, 3.63) is 70.9 Å². The Bertz CT molecular complexity index is 898. The minimum absolute atomic E-state index is 0.0536. The summed E-state index contributed by atoms with van der Waals surface area (Å²) in [6.07, 6.45) is 1.23. The Balaban J connectivity index is 2.05. The van der Waals surface area contributed by atoms with Crippen LogP contribution in [0.2, 0.25) is 5.02 Å². The van der Waals surface area contributed by atoms with Crippen LogP contribution < -0.4 is 4.74 Å². The highest BCUT2D eigenvalue weighted by molar-refractivity contribution is 6.32. The predicted molar refractivity (Wildman–Crippen MR) is 90.7 cm³/mol. The molecule has 1 heterocycles. The van der Waals surface area contributed by atoms with Crippen molar-refractivity contribution in [3.63, 3.8) is 0 Å². The third kappa shape index (κ3) is 3.36. The molecule has 3 aromatic rings. The van der Waals surface area contributed by atoms with E-state index in [1.165, 1.54) is 6.20 Å². The number of benzene rings is 2. The summed E-state index contributed by atoms with van der Waals surface area (Å²) in [5.41, 5.74) is 1.60. The number of carboxylic acid groups (broad SMARTS) is 1. The predicted octanol–water partition coefficient (Wildman–Crippen LogP) is 4.60. The molecule has 0 saturated carbocycles. The largest absolute Gasteiger partial charge is 0.477 e. The highest BCUT2D eigenvalue weighted by atomic mass is 35.5. The summed E-state index contributed by atoms with van der Waals surface area (Å²) in [5.74, 6) is -0.517. The monoisotopic (exact) mass is 340 g/mol. The molecule has 6 heteroatoms. The number of nitrogens with zero attached hydrogens (tertiary/aromatic N) is 2. The van der Waals surface area contributed by atoms with Gasteiger partial charge in [0.05, 0.1) is 5.02 Å². The van der Waals surface area contributed by atoms with E-state index in [2.05, 4.69) is 9.97 Å². The number of carboxylic acids is 1. The number of hydrogen-bond donors (Lipinski definition) is 1. The molecule has 5 nitrogen and oxygen atoms in total. The van der Waals surface area contributed by atoms with Crippen molar-refractivity contribution in [1.82, 2.24) is 9.97 Å². The Labute approximate surface area is 143 Å². The van der Waals surface area contributed by atoms with Crippen molar-refractivity contribution in [2.45, 2.75) is 6.92 Å². The summed E-state index contributed by atoms with van der Waals surface area (Å²) in [4.78, 5) is 19.8. The molecule has 0 radical (unpaired) electrons. The van der Waals surface area contributed by atoms with Gasteiger partial charge in [-0.2, -0.15) is 4.98 Å². The topological polar surface area (TPSA) is 72.3 Å². The summed E-state index contributed by atoms with van der Waals surface area (Å²) < 4.78 is 5.65. The van der Waals surface area contributed by atoms with Crippen LogP contribution in [0.15, 0.2) is 54.7 Å². The third-order valence-electron chi connectivity index (χ3n) is 3.31. The van der Waals surface area contributed by atoms with Gasteiger partial charge in [-0.25, -0.2) is 9.78 Å². The number of ether oxygens (including phenoxy) is 1. The molecule has 0 amide bonds. The molecule has 0 fully saturated rings. The second-order valence-corrected chi connectivity index (χ2v) is 5.53. The second kappa shape index (κ2) is 6.68. The Morgan fingerprint density at radius 3 is 2.58 bits per heavy atom. The first-order valence-electron chi connectivity index (χ1n) is 7.14. The lowest BCUT2D eigenvalue weighted by Gasteiger charge is -2.10. The molecule has 0 aliphatic rings. The van der Waals surface area contributed by atoms with Gasteiger partial charge < -0.3 is 9.84 Å². The third-order valence-corrected chi connectivity index (χ3v) is 3.61. The molecule has 24 heavy (non-hydrogen) atoms. The standard InChI is InChI=1S/C18H13ClN2O3/c1-11-7-8-15(14(19)9-11)24-17-13(18(22)23)10-20-16(21-17)12-5-3-2-4-6-12/h2-10H,1H3,(H,22,23). The average Bonchev–Trinajstić information content (AvgIpc) is 2.58. The van der Waals surface area contributed by atoms with Crippen LogP contribution in [0.25, 0.3) is 11.4 Å². The van der Waals surface area contributed by atoms with Gasteiger partial charge in [0, 0.05) is 11.8 Å². The van der Waals surface area contributed by atoms with E-state index in [4.69, 9.17) is 16.3 Å². The lowest BCUT2D eigenvalue weighted by molar-refractivity contribution is 0.0693. The van der Waals surface area contributed by atoms with Gasteiger partial charge in [0.15, 0.2) is 5.82 Å². The van der Waals surface area contributed by atoms with Crippen molar-refractivity contribution in [2.75, 3.05) is 0 Å². The fraction of sp³-hybridized carbons (Fsp3) is 0.0556. The molecule has 0 aliphatic heterocycles. The molecule has 0 spiro atoms. The van der Waals surface area contributed by atoms with Gasteiger partial charge in [-0.1, -0.05) is 48.0 Å². The van der Waals surface area contributed by atoms with Crippen LogP contribution >= 0.6 is 11.6 Å². The molecule has 1 aromatic heterocycles. The summed E-state index contributed by atoms with van der Waals surface area (Å²) in [6.45, 7) is 1.90. The van der Waals surface area contributed by atoms with E-state index in [1.54, 1.807) is 12.1 Å². The Morgan fingerprint density at radius 2 is 1.92 bits per heavy atom. The SMILES string of the molecule is Cc1ccc(Oc2nc(-c3ccccc3)ncc2C(=O)O)c(Cl)c1. The van der Waals surface area contributed by atoms with E-state index in [1.807, 2.05) is 43.3 Å². The van der Waals surface area contributed by atoms with Gasteiger partial charge in [0.2, 0.25) is 5.88 Å². The summed E-state index contributed by atoms with van der Waals surface area (Å²) >= 11 is 6.15. The van der Waals surface area contributed by atoms with Crippen LogP contribution in [0.1, 0.15) is 15.9 Å². The normalized spacial score (nSPS) is 10.4. The maximum atomic E-state index is 11.4. The van der Waals surface area contributed by atoms with Gasteiger partial charge in [-0.3, -0.25) is 0 Å². The maximum absolute atomic E-state index is 11.4. The van der Waals surface area contributed by atoms with Crippen LogP contribution in [0, 0.1) is 6.92 Å². The molecule has 0 atom stereocenters. The zero-order valence-electron chi connectivity index (χ0n) is 12.7. The Hall–Kier alpha value is -2.92. The minimum Gasteiger partial charge on any atom is -0.477 e. The number of aryl methyl sites for hydroxylation is 1. The van der Waals surface area contributed by atoms with E-state index < -0.39 is 5.97 Å². The minimum atomic E-state index is -1.17. The summed E-state index contributed by atoms with van der Waals surface area (Å²) in [7, 11) is 0. The molecule has 1 N–H and O–H groups in total. The molecule has 0 unspecified atom stereocenters. The molecular weight excluding hydrogens is 328 g/mol. The number of rotatable bonds is 4. The summed E-state index contributed by atoms with van der Waals surface area (Å²) in [6, 6.07) is 14.5. The average molecular weight is 341 g/mol. The smallest absolute Gasteiger partial charge is 0.342 e. The lowest BCUT2D eigenvalue weighted by Crippen LogP contribution is -2.05. The highest BCUT2D eigenvalue weighted by Gasteiger charge is 2.17. The molecule has 3 rings (SSSR count). The van der Waals surface area contributed by atoms with Gasteiger partial charge in [-0.05, 0) is 24.6 Å². The van der Waals surface area contributed by atoms with Crippen LogP contribution in [0.3, 0.4) is 0 Å². The number of hydrogen-bond acceptors (Lipinski definition) is 4. The first-order valence-corrected chi connectivity index (χ1v) is 7.52.